The van der Waals surface area contributed by atoms with Crippen LogP contribution in [0.15, 0.2) is 18.3 Å². The van der Waals surface area contributed by atoms with Gasteiger partial charge in [0.05, 0.1) is 17.9 Å². The third-order valence-corrected chi connectivity index (χ3v) is 3.04. The Morgan fingerprint density at radius 3 is 2.79 bits per heavy atom. The summed E-state index contributed by atoms with van der Waals surface area (Å²) in [5.41, 5.74) is 3.05. The number of carbonyl (C=O) groups is 1. The van der Waals surface area contributed by atoms with Gasteiger partial charge in [0.1, 0.15) is 0 Å². The van der Waals surface area contributed by atoms with Crippen molar-refractivity contribution in [2.24, 2.45) is 7.05 Å². The maximum absolute atomic E-state index is 11.8. The molecule has 0 saturated carbocycles. The molecule has 6 heteroatoms. The van der Waals surface area contributed by atoms with Gasteiger partial charge in [-0.2, -0.15) is 10.2 Å². The zero-order valence-electron chi connectivity index (χ0n) is 11.6. The zero-order valence-corrected chi connectivity index (χ0v) is 11.6. The lowest BCUT2D eigenvalue weighted by Gasteiger charge is -2.06. The van der Waals surface area contributed by atoms with E-state index in [-0.39, 0.29) is 5.91 Å². The molecule has 0 radical (unpaired) electrons. The number of hydrogen-bond donors (Lipinski definition) is 1. The molecule has 1 amide bonds. The van der Waals surface area contributed by atoms with Crippen molar-refractivity contribution in [3.8, 4) is 0 Å². The SMILES string of the molecule is Cc1cc(C)n(CCC(=O)NCc2ccnn2C)n1. The monoisotopic (exact) mass is 261 g/mol. The van der Waals surface area contributed by atoms with E-state index in [0.29, 0.717) is 19.5 Å². The van der Waals surface area contributed by atoms with E-state index < -0.39 is 0 Å². The molecule has 0 unspecified atom stereocenters. The molecular formula is C13H19N5O. The van der Waals surface area contributed by atoms with Crippen molar-refractivity contribution in [1.29, 1.82) is 0 Å². The standard InChI is InChI=1S/C13H19N5O/c1-10-8-11(2)18(16-10)7-5-13(19)14-9-12-4-6-15-17(12)3/h4,6,8H,5,7,9H2,1-3H3,(H,14,19). The first-order chi connectivity index (χ1) is 9.06. The number of amides is 1. The van der Waals surface area contributed by atoms with E-state index in [4.69, 9.17) is 0 Å². The minimum atomic E-state index is 0.0220. The van der Waals surface area contributed by atoms with Crippen LogP contribution >= 0.6 is 0 Å². The predicted molar refractivity (Wildman–Crippen MR) is 71.4 cm³/mol. The summed E-state index contributed by atoms with van der Waals surface area (Å²) in [6, 6.07) is 3.90. The lowest BCUT2D eigenvalue weighted by Crippen LogP contribution is -2.25. The van der Waals surface area contributed by atoms with Crippen LogP contribution in [0, 0.1) is 13.8 Å². The highest BCUT2D eigenvalue weighted by Gasteiger charge is 2.06. The minimum Gasteiger partial charge on any atom is -0.350 e. The van der Waals surface area contributed by atoms with Gasteiger partial charge in [0.15, 0.2) is 0 Å². The summed E-state index contributed by atoms with van der Waals surface area (Å²) in [6.07, 6.45) is 2.15. The third-order valence-electron chi connectivity index (χ3n) is 3.04. The van der Waals surface area contributed by atoms with E-state index >= 15 is 0 Å². The molecule has 6 nitrogen and oxygen atoms in total. The van der Waals surface area contributed by atoms with Crippen LogP contribution in [0.4, 0.5) is 0 Å². The van der Waals surface area contributed by atoms with E-state index in [1.54, 1.807) is 10.9 Å². The van der Waals surface area contributed by atoms with Crippen molar-refractivity contribution in [3.63, 3.8) is 0 Å². The highest BCUT2D eigenvalue weighted by atomic mass is 16.1. The number of hydrogen-bond acceptors (Lipinski definition) is 3. The van der Waals surface area contributed by atoms with Crippen LogP contribution in [0.25, 0.3) is 0 Å². The fourth-order valence-electron chi connectivity index (χ4n) is 1.96. The Labute approximate surface area is 112 Å². The van der Waals surface area contributed by atoms with Crippen molar-refractivity contribution >= 4 is 5.91 Å². The number of carbonyl (C=O) groups excluding carboxylic acids is 1. The Balaban J connectivity index is 1.79. The molecule has 0 aromatic carbocycles. The van der Waals surface area contributed by atoms with Gasteiger partial charge in [-0.15, -0.1) is 0 Å². The molecule has 0 aliphatic carbocycles. The second kappa shape index (κ2) is 5.69. The van der Waals surface area contributed by atoms with Crippen LogP contribution in [0.2, 0.25) is 0 Å². The smallest absolute Gasteiger partial charge is 0.222 e. The Morgan fingerprint density at radius 2 is 2.21 bits per heavy atom. The van der Waals surface area contributed by atoms with Crippen molar-refractivity contribution < 1.29 is 4.79 Å². The highest BCUT2D eigenvalue weighted by molar-refractivity contribution is 5.75. The lowest BCUT2D eigenvalue weighted by atomic mass is 10.3. The molecule has 0 aliphatic rings. The van der Waals surface area contributed by atoms with Crippen molar-refractivity contribution in [2.75, 3.05) is 0 Å². The Hall–Kier alpha value is -2.11. The van der Waals surface area contributed by atoms with E-state index in [0.717, 1.165) is 17.1 Å². The molecule has 102 valence electrons. The Kier molecular flexibility index (Phi) is 3.99. The van der Waals surface area contributed by atoms with Gasteiger partial charge in [-0.25, -0.2) is 0 Å². The molecule has 0 aliphatic heterocycles. The Bertz CT molecular complexity index is 569. The summed E-state index contributed by atoms with van der Waals surface area (Å²) in [5.74, 6) is 0.0220. The highest BCUT2D eigenvalue weighted by Crippen LogP contribution is 2.03. The topological polar surface area (TPSA) is 64.7 Å². The molecule has 2 aromatic heterocycles. The molecular weight excluding hydrogens is 242 g/mol. The Morgan fingerprint density at radius 1 is 1.42 bits per heavy atom. The molecule has 0 saturated heterocycles. The zero-order chi connectivity index (χ0) is 13.8. The van der Waals surface area contributed by atoms with Gasteiger partial charge in [-0.1, -0.05) is 0 Å². The van der Waals surface area contributed by atoms with Crippen LogP contribution < -0.4 is 5.32 Å². The van der Waals surface area contributed by atoms with E-state index in [2.05, 4.69) is 15.5 Å². The van der Waals surface area contributed by atoms with Crippen LogP contribution in [-0.4, -0.2) is 25.5 Å². The van der Waals surface area contributed by atoms with E-state index in [1.807, 2.05) is 37.7 Å². The van der Waals surface area contributed by atoms with Crippen molar-refractivity contribution in [3.05, 3.63) is 35.4 Å². The molecule has 0 fully saturated rings. The van der Waals surface area contributed by atoms with Crippen molar-refractivity contribution in [1.82, 2.24) is 24.9 Å². The van der Waals surface area contributed by atoms with Gasteiger partial charge < -0.3 is 5.32 Å². The molecule has 2 heterocycles. The first kappa shape index (κ1) is 13.3. The van der Waals surface area contributed by atoms with Crippen LogP contribution in [0.3, 0.4) is 0 Å². The minimum absolute atomic E-state index is 0.0220. The number of aryl methyl sites for hydroxylation is 4. The maximum Gasteiger partial charge on any atom is 0.222 e. The molecule has 0 atom stereocenters. The van der Waals surface area contributed by atoms with Crippen LogP contribution in [-0.2, 0) is 24.9 Å². The molecule has 0 spiro atoms. The second-order valence-corrected chi connectivity index (χ2v) is 4.62. The number of rotatable bonds is 5. The van der Waals surface area contributed by atoms with Gasteiger partial charge in [0, 0.05) is 31.9 Å². The first-order valence-electron chi connectivity index (χ1n) is 6.31. The maximum atomic E-state index is 11.8. The molecule has 19 heavy (non-hydrogen) atoms. The molecule has 2 aromatic rings. The summed E-state index contributed by atoms with van der Waals surface area (Å²) >= 11 is 0. The fraction of sp³-hybridized carbons (Fsp3) is 0.462. The number of aromatic nitrogens is 4. The van der Waals surface area contributed by atoms with Gasteiger partial charge in [-0.05, 0) is 26.0 Å². The van der Waals surface area contributed by atoms with Gasteiger partial charge in [0.25, 0.3) is 0 Å². The van der Waals surface area contributed by atoms with Gasteiger partial charge in [-0.3, -0.25) is 14.2 Å². The average Bonchev–Trinajstić information content (AvgIpc) is 2.90. The molecule has 2 rings (SSSR count). The summed E-state index contributed by atoms with van der Waals surface area (Å²) < 4.78 is 3.61. The van der Waals surface area contributed by atoms with Crippen molar-refractivity contribution in [2.45, 2.75) is 33.4 Å². The largest absolute Gasteiger partial charge is 0.350 e. The molecule has 1 N–H and O–H groups in total. The lowest BCUT2D eigenvalue weighted by molar-refractivity contribution is -0.121. The fourth-order valence-corrected chi connectivity index (χ4v) is 1.96. The summed E-state index contributed by atoms with van der Waals surface area (Å²) in [5, 5.41) is 11.3. The first-order valence-corrected chi connectivity index (χ1v) is 6.31. The summed E-state index contributed by atoms with van der Waals surface area (Å²) in [6.45, 7) is 5.06. The van der Waals surface area contributed by atoms with Gasteiger partial charge in [0.2, 0.25) is 5.91 Å². The van der Waals surface area contributed by atoms with E-state index in [9.17, 15) is 4.79 Å². The predicted octanol–water partition coefficient (Wildman–Crippen LogP) is 0.940. The van der Waals surface area contributed by atoms with Crippen LogP contribution in [0.5, 0.6) is 0 Å². The van der Waals surface area contributed by atoms with Gasteiger partial charge >= 0.3 is 0 Å². The summed E-state index contributed by atoms with van der Waals surface area (Å²) in [4.78, 5) is 11.8. The summed E-state index contributed by atoms with van der Waals surface area (Å²) in [7, 11) is 1.86. The van der Waals surface area contributed by atoms with E-state index in [1.165, 1.54) is 0 Å². The van der Waals surface area contributed by atoms with Crippen LogP contribution in [0.1, 0.15) is 23.5 Å². The second-order valence-electron chi connectivity index (χ2n) is 4.62. The number of nitrogens with one attached hydrogen (secondary N) is 1. The third kappa shape index (κ3) is 3.43. The number of nitrogens with zero attached hydrogens (tertiary/aromatic N) is 4. The average molecular weight is 261 g/mol. The molecule has 0 bridgehead atoms. The normalized spacial score (nSPS) is 10.7. The quantitative estimate of drug-likeness (QED) is 0.871.